The van der Waals surface area contributed by atoms with Crippen LogP contribution in [0, 0.1) is 0 Å². The molecular formula is CH3N3. The molecule has 0 aliphatic rings. The average molecular weight is 57.1 g/mol. The van der Waals surface area contributed by atoms with Gasteiger partial charge in [0, 0.05) is 0 Å². The fraction of sp³-hybridized carbons (Fsp3) is 0. The second-order valence-electron chi connectivity index (χ2n) is 0.514. The number of aromatic amines is 2. The van der Waals surface area contributed by atoms with Crippen molar-refractivity contribution in [2.75, 3.05) is 0 Å². The van der Waals surface area contributed by atoms with Crippen LogP contribution in [0.5, 0.6) is 0 Å². The van der Waals surface area contributed by atoms with Gasteiger partial charge in [0.25, 0.3) is 0 Å². The summed E-state index contributed by atoms with van der Waals surface area (Å²) in [5.74, 6) is 0. The average Bonchev–Trinajstić information content (AvgIpc) is 0.722. The van der Waals surface area contributed by atoms with Gasteiger partial charge in [0.05, 0.1) is 0 Å². The molecule has 0 fully saturated rings. The number of H-pyrrole nitrogens is 2. The van der Waals surface area contributed by atoms with Crippen LogP contribution in [0.2, 0.25) is 0 Å². The van der Waals surface area contributed by atoms with Crippen LogP contribution in [-0.4, -0.2) is 15.4 Å². The van der Waals surface area contributed by atoms with Crippen LogP contribution in [0.1, 0.15) is 0 Å². The second-order valence-corrected chi connectivity index (χ2v) is 0.514. The summed E-state index contributed by atoms with van der Waals surface area (Å²) in [4.78, 5) is 0. The van der Waals surface area contributed by atoms with E-state index in [-0.39, 0.29) is 0 Å². The molecule has 4 heavy (non-hydrogen) atoms. The van der Waals surface area contributed by atoms with Gasteiger partial charge in [-0.15, -0.1) is 5.10 Å². The number of aromatic nitrogens is 3. The van der Waals surface area contributed by atoms with Gasteiger partial charge in [-0.2, -0.15) is 0 Å². The van der Waals surface area contributed by atoms with E-state index in [4.69, 9.17) is 0 Å². The SMILES string of the molecule is c1n[nH][nH]1. The van der Waals surface area contributed by atoms with Crippen LogP contribution in [0.25, 0.3) is 0 Å². The van der Waals surface area contributed by atoms with Gasteiger partial charge in [-0.25, -0.2) is 5.21 Å². The third-order valence-corrected chi connectivity index (χ3v) is 0.258. The van der Waals surface area contributed by atoms with Gasteiger partial charge in [0.1, 0.15) is 6.33 Å². The van der Waals surface area contributed by atoms with Gasteiger partial charge in [-0.05, 0) is 0 Å². The van der Waals surface area contributed by atoms with E-state index in [0.29, 0.717) is 0 Å². The molecule has 0 aliphatic carbocycles. The molecule has 1 aromatic heterocycles. The van der Waals surface area contributed by atoms with Gasteiger partial charge >= 0.3 is 0 Å². The molecule has 0 spiro atoms. The Morgan fingerprint density at radius 1 is 1.75 bits per heavy atom. The molecule has 2 N–H and O–H groups in total. The van der Waals surface area contributed by atoms with E-state index in [1.54, 1.807) is 6.33 Å². The third kappa shape index (κ3) is 0.00866. The summed E-state index contributed by atoms with van der Waals surface area (Å²) in [6, 6.07) is 0. The van der Waals surface area contributed by atoms with E-state index < -0.39 is 0 Å². The van der Waals surface area contributed by atoms with E-state index in [0.717, 1.165) is 0 Å². The summed E-state index contributed by atoms with van der Waals surface area (Å²) in [7, 11) is 0. The van der Waals surface area contributed by atoms with Gasteiger partial charge in [-0.1, -0.05) is 0 Å². The minimum atomic E-state index is 1.57. The van der Waals surface area contributed by atoms with Crippen molar-refractivity contribution in [1.29, 1.82) is 0 Å². The smallest absolute Gasteiger partial charge is 0.130 e. The van der Waals surface area contributed by atoms with Crippen LogP contribution in [-0.2, 0) is 0 Å². The van der Waals surface area contributed by atoms with Crippen LogP contribution < -0.4 is 0 Å². The molecule has 1 heterocycles. The maximum atomic E-state index is 3.43. The Bertz CT molecular complexity index is 45.1. The standard InChI is InChI=1S/CH3N3/c1-2-4-3-1/h1,4H,(H,2,3). The van der Waals surface area contributed by atoms with Crippen molar-refractivity contribution in [1.82, 2.24) is 15.4 Å². The van der Waals surface area contributed by atoms with E-state index in [9.17, 15) is 0 Å². The van der Waals surface area contributed by atoms with E-state index in [1.165, 1.54) is 0 Å². The zero-order valence-electron chi connectivity index (χ0n) is 2.02. The lowest BCUT2D eigenvalue weighted by atomic mass is 11.4. The molecule has 3 heteroatoms. The highest BCUT2D eigenvalue weighted by atomic mass is 15.4. The molecule has 1 rings (SSSR count). The minimum Gasteiger partial charge on any atom is -0.273 e. The first-order valence-electron chi connectivity index (χ1n) is 1.02. The summed E-state index contributed by atoms with van der Waals surface area (Å²) in [6.07, 6.45) is 1.57. The third-order valence-electron chi connectivity index (χ3n) is 0.258. The number of hydrogen-bond donors (Lipinski definition) is 2. The predicted molar refractivity (Wildman–Crippen MR) is 12.9 cm³/mol. The largest absolute Gasteiger partial charge is 0.273 e. The molecule has 0 saturated heterocycles. The van der Waals surface area contributed by atoms with Gasteiger partial charge < -0.3 is 0 Å². The topological polar surface area (TPSA) is 44.5 Å². The fourth-order valence-corrected chi connectivity index (χ4v) is 0.0645. The molecule has 0 atom stereocenters. The Labute approximate surface area is 23.0 Å². The van der Waals surface area contributed by atoms with Crippen molar-refractivity contribution in [2.45, 2.75) is 0 Å². The second kappa shape index (κ2) is 0.342. The van der Waals surface area contributed by atoms with Gasteiger partial charge in [0.15, 0.2) is 0 Å². The molecule has 0 aromatic carbocycles. The molecule has 0 aliphatic heterocycles. The van der Waals surface area contributed by atoms with E-state index in [1.807, 2.05) is 0 Å². The molecule has 0 saturated carbocycles. The van der Waals surface area contributed by atoms with Crippen molar-refractivity contribution < 1.29 is 0 Å². The molecule has 0 bridgehead atoms. The highest BCUT2D eigenvalue weighted by Crippen LogP contribution is 1.46. The number of nitrogens with zero attached hydrogens (tertiary/aromatic N) is 1. The van der Waals surface area contributed by atoms with Crippen molar-refractivity contribution >= 4 is 0 Å². The molecule has 0 unspecified atom stereocenters. The van der Waals surface area contributed by atoms with E-state index >= 15 is 0 Å². The maximum Gasteiger partial charge on any atom is 0.130 e. The number of hydrogen-bond acceptors (Lipinski definition) is 1. The van der Waals surface area contributed by atoms with Crippen LogP contribution in [0.3, 0.4) is 0 Å². The summed E-state index contributed by atoms with van der Waals surface area (Å²) in [6.45, 7) is 0. The Morgan fingerprint density at radius 3 is 2.00 bits per heavy atom. The first kappa shape index (κ1) is 1.58. The molecule has 3 nitrogen and oxygen atoms in total. The van der Waals surface area contributed by atoms with Crippen molar-refractivity contribution in [3.63, 3.8) is 0 Å². The quantitative estimate of drug-likeness (QED) is 0.423. The normalized spacial score (nSPS) is 8.00. The Hall–Kier alpha value is -0.730. The van der Waals surface area contributed by atoms with Gasteiger partial charge in [-0.3, -0.25) is 5.10 Å². The van der Waals surface area contributed by atoms with Crippen molar-refractivity contribution in [2.24, 2.45) is 0 Å². The van der Waals surface area contributed by atoms with E-state index in [2.05, 4.69) is 15.4 Å². The van der Waals surface area contributed by atoms with Gasteiger partial charge in [0.2, 0.25) is 0 Å². The van der Waals surface area contributed by atoms with Crippen LogP contribution in [0.4, 0.5) is 0 Å². The number of rotatable bonds is 0. The lowest BCUT2D eigenvalue weighted by Crippen LogP contribution is -1.86. The Balaban J connectivity index is 3.00. The summed E-state index contributed by atoms with van der Waals surface area (Å²) in [5, 5.41) is 8.43. The van der Waals surface area contributed by atoms with Crippen molar-refractivity contribution in [3.8, 4) is 0 Å². The fourth-order valence-electron chi connectivity index (χ4n) is 0.0645. The Morgan fingerprint density at radius 2 is 2.00 bits per heavy atom. The monoisotopic (exact) mass is 57.0 g/mol. The molecular weight excluding hydrogens is 54.0 g/mol. The number of nitrogens with one attached hydrogen (secondary N) is 2. The molecule has 22 valence electrons. The highest BCUT2D eigenvalue weighted by molar-refractivity contribution is 4.28. The predicted octanol–water partition coefficient (Wildman–Crippen LogP) is -0.262. The van der Waals surface area contributed by atoms with Crippen molar-refractivity contribution in [3.05, 3.63) is 6.33 Å². The minimum absolute atomic E-state index is 1.57. The van der Waals surface area contributed by atoms with Crippen LogP contribution in [0.15, 0.2) is 6.33 Å². The highest BCUT2D eigenvalue weighted by Gasteiger charge is 1.52. The summed E-state index contributed by atoms with van der Waals surface area (Å²) < 4.78 is 0. The first-order chi connectivity index (χ1) is 2.00. The van der Waals surface area contributed by atoms with Crippen LogP contribution >= 0.6 is 0 Å². The Kier molecular flexibility index (Phi) is 0.135. The summed E-state index contributed by atoms with van der Waals surface area (Å²) >= 11 is 0. The molecule has 0 amide bonds. The molecule has 0 radical (unpaired) electrons. The lowest BCUT2D eigenvalue weighted by molar-refractivity contribution is 0.762. The zero-order valence-corrected chi connectivity index (χ0v) is 2.02. The molecule has 1 aromatic rings. The zero-order chi connectivity index (χ0) is 2.83. The summed E-state index contributed by atoms with van der Waals surface area (Å²) in [5.41, 5.74) is 0. The maximum absolute atomic E-state index is 3.43. The lowest BCUT2D eigenvalue weighted by Gasteiger charge is -1.77. The first-order valence-corrected chi connectivity index (χ1v) is 1.02.